The van der Waals surface area contributed by atoms with E-state index < -0.39 is 11.9 Å². The van der Waals surface area contributed by atoms with E-state index in [1.54, 1.807) is 24.5 Å². The first-order valence-electron chi connectivity index (χ1n) is 11.6. The van der Waals surface area contributed by atoms with Crippen LogP contribution < -0.4 is 10.2 Å². The monoisotopic (exact) mass is 514 g/mol. The zero-order valence-electron chi connectivity index (χ0n) is 20.1. The predicted molar refractivity (Wildman–Crippen MR) is 134 cm³/mol. The molecular formula is C25H25ClF2N6O2. The van der Waals surface area contributed by atoms with Gasteiger partial charge in [0.1, 0.15) is 10.8 Å². The molecule has 36 heavy (non-hydrogen) atoms. The molecule has 8 nitrogen and oxygen atoms in total. The van der Waals surface area contributed by atoms with Crippen LogP contribution in [0.25, 0.3) is 16.6 Å². The highest BCUT2D eigenvalue weighted by Crippen LogP contribution is 2.35. The molecule has 1 aromatic carbocycles. The Balaban J connectivity index is 1.61. The molecule has 0 unspecified atom stereocenters. The molecule has 1 N–H and O–H groups in total. The number of fused-ring (bicyclic) bond motifs is 3. The lowest BCUT2D eigenvalue weighted by molar-refractivity contribution is -0.0222. The van der Waals surface area contributed by atoms with E-state index in [2.05, 4.69) is 15.3 Å². The van der Waals surface area contributed by atoms with Gasteiger partial charge in [-0.1, -0.05) is 17.7 Å². The normalized spacial score (nSPS) is 16.3. The van der Waals surface area contributed by atoms with Gasteiger partial charge in [0.25, 0.3) is 5.92 Å². The maximum atomic E-state index is 13.8. The summed E-state index contributed by atoms with van der Waals surface area (Å²) in [4.78, 5) is 27.8. The highest BCUT2D eigenvalue weighted by atomic mass is 35.5. The number of ether oxygens (including phenoxy) is 1. The first-order chi connectivity index (χ1) is 17.2. The quantitative estimate of drug-likeness (QED) is 0.280. The van der Waals surface area contributed by atoms with Crippen molar-refractivity contribution in [1.29, 1.82) is 0 Å². The second-order valence-corrected chi connectivity index (χ2v) is 9.40. The van der Waals surface area contributed by atoms with Crippen molar-refractivity contribution in [2.75, 3.05) is 30.4 Å². The second-order valence-electron chi connectivity index (χ2n) is 9.01. The van der Waals surface area contributed by atoms with Crippen LogP contribution in [-0.2, 0) is 4.74 Å². The molecule has 188 valence electrons. The third kappa shape index (κ3) is 4.41. The van der Waals surface area contributed by atoms with Crippen LogP contribution in [0.3, 0.4) is 0 Å². The Morgan fingerprint density at radius 2 is 1.97 bits per heavy atom. The number of nitrogens with zero attached hydrogens (tertiary/aromatic N) is 5. The minimum absolute atomic E-state index is 0.0762. The van der Waals surface area contributed by atoms with E-state index in [0.29, 0.717) is 22.8 Å². The van der Waals surface area contributed by atoms with Crippen LogP contribution in [0.4, 0.5) is 20.4 Å². The molecule has 1 atom stereocenters. The number of nitrogens with one attached hydrogen (secondary N) is 1. The molecule has 3 aromatic heterocycles. The van der Waals surface area contributed by atoms with Gasteiger partial charge in [0.05, 0.1) is 24.4 Å². The number of carbonyl (C=O) groups excluding carboxylic acids is 1. The van der Waals surface area contributed by atoms with Crippen molar-refractivity contribution in [2.45, 2.75) is 38.7 Å². The molecule has 1 aliphatic rings. The van der Waals surface area contributed by atoms with Gasteiger partial charge in [-0.25, -0.2) is 28.5 Å². The number of anilines is 2. The molecule has 0 radical (unpaired) electrons. The van der Waals surface area contributed by atoms with Gasteiger partial charge in [-0.2, -0.15) is 0 Å². The van der Waals surface area contributed by atoms with Crippen LogP contribution in [0.5, 0.6) is 0 Å². The lowest BCUT2D eigenvalue weighted by Gasteiger charge is -2.33. The Bertz CT molecular complexity index is 1460. The molecule has 1 fully saturated rings. The van der Waals surface area contributed by atoms with Gasteiger partial charge in [0.15, 0.2) is 5.69 Å². The fourth-order valence-corrected chi connectivity index (χ4v) is 4.77. The first-order valence-corrected chi connectivity index (χ1v) is 12.0. The number of pyridine rings is 1. The molecule has 1 saturated heterocycles. The fraction of sp³-hybridized carbons (Fsp3) is 0.360. The summed E-state index contributed by atoms with van der Waals surface area (Å²) in [5, 5.41) is 4.36. The average molecular weight is 515 g/mol. The summed E-state index contributed by atoms with van der Waals surface area (Å²) >= 11 is 6.01. The topological polar surface area (TPSA) is 84.6 Å². The Morgan fingerprint density at radius 1 is 1.22 bits per heavy atom. The maximum Gasteiger partial charge on any atom is 0.358 e. The first kappa shape index (κ1) is 24.2. The SMILES string of the molecule is COC(=O)c1nc(Cl)ccc1N[C@H](C)c1cc(C)cc2c1nc(N1CCC(F)(F)CC1)n1ccnc21. The highest BCUT2D eigenvalue weighted by Gasteiger charge is 2.35. The molecular weight excluding hydrogens is 490 g/mol. The molecule has 5 rings (SSSR count). The summed E-state index contributed by atoms with van der Waals surface area (Å²) in [6.07, 6.45) is 3.04. The van der Waals surface area contributed by atoms with Crippen LogP contribution >= 0.6 is 11.6 Å². The van der Waals surface area contributed by atoms with E-state index in [0.717, 1.165) is 16.5 Å². The molecule has 1 aliphatic heterocycles. The van der Waals surface area contributed by atoms with Crippen molar-refractivity contribution in [3.63, 3.8) is 0 Å². The summed E-state index contributed by atoms with van der Waals surface area (Å²) in [6.45, 7) is 4.33. The zero-order chi connectivity index (χ0) is 25.6. The number of piperidine rings is 1. The molecule has 0 saturated carbocycles. The number of imidazole rings is 1. The molecule has 11 heteroatoms. The summed E-state index contributed by atoms with van der Waals surface area (Å²) in [5.74, 6) is -2.69. The van der Waals surface area contributed by atoms with Crippen molar-refractivity contribution in [2.24, 2.45) is 0 Å². The van der Waals surface area contributed by atoms with Crippen LogP contribution in [-0.4, -0.2) is 51.4 Å². The molecule has 0 spiro atoms. The number of hydrogen-bond donors (Lipinski definition) is 1. The minimum Gasteiger partial charge on any atom is -0.464 e. The average Bonchev–Trinajstić information content (AvgIpc) is 3.34. The number of halogens is 3. The van der Waals surface area contributed by atoms with Gasteiger partial charge < -0.3 is 15.0 Å². The van der Waals surface area contributed by atoms with Crippen LogP contribution in [0.1, 0.15) is 47.4 Å². The van der Waals surface area contributed by atoms with E-state index in [9.17, 15) is 13.6 Å². The van der Waals surface area contributed by atoms with Gasteiger partial charge in [0.2, 0.25) is 5.95 Å². The number of aromatic nitrogens is 4. The Morgan fingerprint density at radius 3 is 2.69 bits per heavy atom. The molecule has 0 aliphatic carbocycles. The van der Waals surface area contributed by atoms with Crippen LogP contribution in [0.2, 0.25) is 5.15 Å². The number of aryl methyl sites for hydroxylation is 1. The predicted octanol–water partition coefficient (Wildman–Crippen LogP) is 5.43. The van der Waals surface area contributed by atoms with Crippen molar-refractivity contribution in [3.8, 4) is 0 Å². The van der Waals surface area contributed by atoms with E-state index in [1.807, 2.05) is 35.3 Å². The summed E-state index contributed by atoms with van der Waals surface area (Å²) in [6, 6.07) is 6.99. The van der Waals surface area contributed by atoms with Gasteiger partial charge in [0, 0.05) is 49.3 Å². The number of methoxy groups -OCH3 is 1. The summed E-state index contributed by atoms with van der Waals surface area (Å²) < 4.78 is 34.4. The lowest BCUT2D eigenvalue weighted by Crippen LogP contribution is -2.40. The van der Waals surface area contributed by atoms with E-state index in [1.165, 1.54) is 7.11 Å². The second kappa shape index (κ2) is 9.16. The number of esters is 1. The van der Waals surface area contributed by atoms with Crippen molar-refractivity contribution >= 4 is 45.8 Å². The summed E-state index contributed by atoms with van der Waals surface area (Å²) in [5.41, 5.74) is 3.82. The molecule has 0 amide bonds. The highest BCUT2D eigenvalue weighted by molar-refractivity contribution is 6.29. The van der Waals surface area contributed by atoms with E-state index in [4.69, 9.17) is 21.3 Å². The number of hydrogen-bond acceptors (Lipinski definition) is 7. The van der Waals surface area contributed by atoms with Crippen LogP contribution in [0, 0.1) is 6.92 Å². The number of alkyl halides is 2. The summed E-state index contributed by atoms with van der Waals surface area (Å²) in [7, 11) is 1.28. The van der Waals surface area contributed by atoms with Gasteiger partial charge in [-0.3, -0.25) is 4.40 Å². The van der Waals surface area contributed by atoms with Gasteiger partial charge in [-0.05, 0) is 37.6 Å². The third-order valence-corrected chi connectivity index (χ3v) is 6.66. The van der Waals surface area contributed by atoms with Crippen molar-refractivity contribution < 1.29 is 18.3 Å². The number of rotatable bonds is 5. The fourth-order valence-electron chi connectivity index (χ4n) is 4.62. The molecule has 0 bridgehead atoms. The van der Waals surface area contributed by atoms with Gasteiger partial charge in [-0.15, -0.1) is 0 Å². The number of carbonyl (C=O) groups is 1. The molecule has 4 aromatic rings. The largest absolute Gasteiger partial charge is 0.464 e. The zero-order valence-corrected chi connectivity index (χ0v) is 20.8. The standard InChI is InChI=1S/C25H25ClF2N6O2/c1-14-12-16(15(2)30-18-4-5-19(26)31-21(18)23(35)36-3)20-17(13-14)22-29-8-11-34(22)24(32-20)33-9-6-25(27,28)7-10-33/h4-5,8,11-13,15,30H,6-7,9-10H2,1-3H3/t15-/m1/s1. The number of benzene rings is 1. The van der Waals surface area contributed by atoms with E-state index in [-0.39, 0.29) is 42.8 Å². The Labute approximate surface area is 211 Å². The Kier molecular flexibility index (Phi) is 6.15. The van der Waals surface area contributed by atoms with Gasteiger partial charge >= 0.3 is 5.97 Å². The van der Waals surface area contributed by atoms with Crippen LogP contribution in [0.15, 0.2) is 36.7 Å². The third-order valence-electron chi connectivity index (χ3n) is 6.45. The van der Waals surface area contributed by atoms with Crippen molar-refractivity contribution in [3.05, 3.63) is 58.6 Å². The Hall–Kier alpha value is -3.53. The molecule has 4 heterocycles. The maximum absolute atomic E-state index is 13.8. The minimum atomic E-state index is -2.66. The van der Waals surface area contributed by atoms with Crippen molar-refractivity contribution in [1.82, 2.24) is 19.4 Å². The van der Waals surface area contributed by atoms with E-state index >= 15 is 0 Å². The smallest absolute Gasteiger partial charge is 0.358 e. The lowest BCUT2D eigenvalue weighted by atomic mass is 10.0.